The van der Waals surface area contributed by atoms with Crippen LogP contribution in [0.5, 0.6) is 0 Å². The van der Waals surface area contributed by atoms with Gasteiger partial charge in [0.1, 0.15) is 6.54 Å². The number of nitrogens with zero attached hydrogens (tertiary/aromatic N) is 2. The highest BCUT2D eigenvalue weighted by Crippen LogP contribution is 2.32. The Morgan fingerprint density at radius 3 is 2.23 bits per heavy atom. The molecule has 0 atom stereocenters. The summed E-state index contributed by atoms with van der Waals surface area (Å²) in [7, 11) is 0. The molecular weight excluding hydrogens is 353 g/mol. The van der Waals surface area contributed by atoms with Gasteiger partial charge in [0.2, 0.25) is 0 Å². The first-order valence-electron chi connectivity index (χ1n) is 7.33. The number of carboxylic acids is 1. The lowest BCUT2D eigenvalue weighted by Crippen LogP contribution is -2.33. The smallest absolute Gasteiger partial charge is 0.416 e. The minimum atomic E-state index is -4.51. The van der Waals surface area contributed by atoms with Gasteiger partial charge in [-0.25, -0.2) is 14.5 Å². The largest absolute Gasteiger partial charge is 0.478 e. The van der Waals surface area contributed by atoms with E-state index in [1.54, 1.807) is 0 Å². The molecule has 1 N–H and O–H groups in total. The molecule has 9 heteroatoms. The molecule has 2 aromatic rings. The normalized spacial score (nSPS) is 14.9. The van der Waals surface area contributed by atoms with Crippen molar-refractivity contribution in [3.63, 3.8) is 0 Å². The van der Waals surface area contributed by atoms with Crippen LogP contribution >= 0.6 is 0 Å². The number of hydrogen-bond acceptors (Lipinski definition) is 3. The molecule has 0 spiro atoms. The first-order chi connectivity index (χ1) is 12.2. The maximum atomic E-state index is 12.6. The maximum Gasteiger partial charge on any atom is 0.416 e. The molecule has 134 valence electrons. The maximum absolute atomic E-state index is 12.6. The number of amides is 3. The molecule has 1 aliphatic heterocycles. The van der Waals surface area contributed by atoms with Crippen molar-refractivity contribution >= 4 is 29.3 Å². The van der Waals surface area contributed by atoms with Crippen LogP contribution in [0.25, 0.3) is 0 Å². The molecule has 0 bridgehead atoms. The number of carbonyl (C=O) groups excluding carboxylic acids is 2. The number of alkyl halides is 3. The molecule has 1 heterocycles. The highest BCUT2D eigenvalue weighted by Gasteiger charge is 2.38. The third-order valence-electron chi connectivity index (χ3n) is 3.82. The third kappa shape index (κ3) is 3.10. The number of hydrogen-bond donors (Lipinski definition) is 1. The van der Waals surface area contributed by atoms with Crippen LogP contribution in [-0.4, -0.2) is 29.6 Å². The Hall–Kier alpha value is -3.36. The van der Waals surface area contributed by atoms with E-state index in [0.717, 1.165) is 34.1 Å². The van der Waals surface area contributed by atoms with E-state index >= 15 is 0 Å². The second-order valence-electron chi connectivity index (χ2n) is 5.50. The van der Waals surface area contributed by atoms with E-state index in [-0.39, 0.29) is 23.5 Å². The first-order valence-corrected chi connectivity index (χ1v) is 7.33. The molecule has 0 radical (unpaired) electrons. The van der Waals surface area contributed by atoms with E-state index in [1.807, 2.05) is 0 Å². The predicted molar refractivity (Wildman–Crippen MR) is 85.1 cm³/mol. The molecule has 1 saturated heterocycles. The Morgan fingerprint density at radius 1 is 1.00 bits per heavy atom. The van der Waals surface area contributed by atoms with Crippen molar-refractivity contribution in [2.75, 3.05) is 16.3 Å². The molecule has 0 saturated carbocycles. The number of aromatic carboxylic acids is 1. The van der Waals surface area contributed by atoms with E-state index in [1.165, 1.54) is 24.3 Å². The first kappa shape index (κ1) is 17.5. The zero-order chi connectivity index (χ0) is 19.1. The molecule has 0 unspecified atom stereocenters. The van der Waals surface area contributed by atoms with Crippen molar-refractivity contribution in [2.45, 2.75) is 6.18 Å². The summed E-state index contributed by atoms with van der Waals surface area (Å²) in [6, 6.07) is 8.35. The van der Waals surface area contributed by atoms with Crippen LogP contribution in [0.4, 0.5) is 29.3 Å². The lowest BCUT2D eigenvalue weighted by molar-refractivity contribution is -0.137. The van der Waals surface area contributed by atoms with Gasteiger partial charge in [0.05, 0.1) is 16.8 Å². The van der Waals surface area contributed by atoms with Crippen LogP contribution in [0.3, 0.4) is 0 Å². The summed E-state index contributed by atoms with van der Waals surface area (Å²) in [5, 5.41) is 9.01. The summed E-state index contributed by atoms with van der Waals surface area (Å²) in [5.41, 5.74) is -0.760. The molecule has 3 amide bonds. The van der Waals surface area contributed by atoms with E-state index in [2.05, 4.69) is 0 Å². The van der Waals surface area contributed by atoms with Crippen molar-refractivity contribution in [3.05, 3.63) is 59.7 Å². The predicted octanol–water partition coefficient (Wildman–Crippen LogP) is 3.38. The number of carboxylic acid groups (broad SMARTS) is 1. The third-order valence-corrected chi connectivity index (χ3v) is 3.82. The Labute approximate surface area is 145 Å². The standard InChI is InChI=1S/C17H11F3N2O4/c18-17(19,20)11-4-6-12(7-5-11)21-9-14(23)22(16(21)26)13-3-1-2-10(8-13)15(24)25/h1-8H,9H2,(H,24,25). The van der Waals surface area contributed by atoms with Gasteiger partial charge in [-0.05, 0) is 42.5 Å². The average Bonchev–Trinajstić information content (AvgIpc) is 2.89. The number of anilines is 2. The van der Waals surface area contributed by atoms with E-state index < -0.39 is 29.6 Å². The summed E-state index contributed by atoms with van der Waals surface area (Å²) >= 11 is 0. The van der Waals surface area contributed by atoms with Gasteiger partial charge in [-0.2, -0.15) is 13.2 Å². The SMILES string of the molecule is O=C(O)c1cccc(N2C(=O)CN(c3ccc(C(F)(F)F)cc3)C2=O)c1. The van der Waals surface area contributed by atoms with Gasteiger partial charge in [-0.1, -0.05) is 6.07 Å². The average molecular weight is 364 g/mol. The summed E-state index contributed by atoms with van der Waals surface area (Å²) < 4.78 is 37.9. The molecule has 1 fully saturated rings. The van der Waals surface area contributed by atoms with Gasteiger partial charge in [-0.3, -0.25) is 9.69 Å². The van der Waals surface area contributed by atoms with E-state index in [4.69, 9.17) is 5.11 Å². The van der Waals surface area contributed by atoms with Crippen LogP contribution in [0.1, 0.15) is 15.9 Å². The molecule has 0 aliphatic carbocycles. The number of halogens is 3. The van der Waals surface area contributed by atoms with Crippen LogP contribution in [-0.2, 0) is 11.0 Å². The van der Waals surface area contributed by atoms with Crippen LogP contribution in [0, 0.1) is 0 Å². The summed E-state index contributed by atoms with van der Waals surface area (Å²) in [4.78, 5) is 37.6. The Bertz CT molecular complexity index is 894. The Kier molecular flexibility index (Phi) is 4.15. The Morgan fingerprint density at radius 2 is 1.65 bits per heavy atom. The van der Waals surface area contributed by atoms with Crippen molar-refractivity contribution in [1.82, 2.24) is 0 Å². The van der Waals surface area contributed by atoms with Gasteiger partial charge >= 0.3 is 18.2 Å². The number of urea groups is 1. The minimum Gasteiger partial charge on any atom is -0.478 e. The quantitative estimate of drug-likeness (QED) is 0.847. The fourth-order valence-electron chi connectivity index (χ4n) is 2.57. The molecule has 6 nitrogen and oxygen atoms in total. The lowest BCUT2D eigenvalue weighted by Gasteiger charge is -2.18. The summed E-state index contributed by atoms with van der Waals surface area (Å²) in [5.74, 6) is -1.83. The van der Waals surface area contributed by atoms with Gasteiger partial charge < -0.3 is 5.11 Å². The van der Waals surface area contributed by atoms with Crippen LogP contribution < -0.4 is 9.80 Å². The van der Waals surface area contributed by atoms with Crippen molar-refractivity contribution in [2.24, 2.45) is 0 Å². The van der Waals surface area contributed by atoms with Crippen molar-refractivity contribution < 1.29 is 32.7 Å². The van der Waals surface area contributed by atoms with Gasteiger partial charge in [0, 0.05) is 5.69 Å². The van der Waals surface area contributed by atoms with E-state index in [9.17, 15) is 27.6 Å². The number of benzene rings is 2. The second kappa shape index (κ2) is 6.17. The van der Waals surface area contributed by atoms with Crippen molar-refractivity contribution in [1.29, 1.82) is 0 Å². The molecule has 1 aliphatic rings. The van der Waals surface area contributed by atoms with Gasteiger partial charge in [0.15, 0.2) is 0 Å². The molecule has 3 rings (SSSR count). The van der Waals surface area contributed by atoms with Crippen molar-refractivity contribution in [3.8, 4) is 0 Å². The van der Waals surface area contributed by atoms with Gasteiger partial charge in [0.25, 0.3) is 5.91 Å². The monoisotopic (exact) mass is 364 g/mol. The minimum absolute atomic E-state index is 0.0781. The number of imide groups is 1. The highest BCUT2D eigenvalue weighted by molar-refractivity contribution is 6.27. The van der Waals surface area contributed by atoms with Crippen LogP contribution in [0.15, 0.2) is 48.5 Å². The second-order valence-corrected chi connectivity index (χ2v) is 5.50. The molecule has 0 aromatic heterocycles. The fourth-order valence-corrected chi connectivity index (χ4v) is 2.57. The zero-order valence-corrected chi connectivity index (χ0v) is 13.0. The Balaban J connectivity index is 1.90. The molecule has 26 heavy (non-hydrogen) atoms. The molecular formula is C17H11F3N2O4. The topological polar surface area (TPSA) is 77.9 Å². The number of rotatable bonds is 3. The summed E-state index contributed by atoms with van der Waals surface area (Å²) in [6.07, 6.45) is -4.51. The number of carbonyl (C=O) groups is 3. The fraction of sp³-hybridized carbons (Fsp3) is 0.118. The zero-order valence-electron chi connectivity index (χ0n) is 13.0. The van der Waals surface area contributed by atoms with Gasteiger partial charge in [-0.15, -0.1) is 0 Å². The van der Waals surface area contributed by atoms with E-state index in [0.29, 0.717) is 0 Å². The molecule has 2 aromatic carbocycles. The highest BCUT2D eigenvalue weighted by atomic mass is 19.4. The lowest BCUT2D eigenvalue weighted by atomic mass is 10.2. The summed E-state index contributed by atoms with van der Waals surface area (Å²) in [6.45, 7) is -0.360. The van der Waals surface area contributed by atoms with Crippen LogP contribution in [0.2, 0.25) is 0 Å².